The summed E-state index contributed by atoms with van der Waals surface area (Å²) in [4.78, 5) is 14.9. The van der Waals surface area contributed by atoms with E-state index in [2.05, 4.69) is 15.6 Å². The summed E-state index contributed by atoms with van der Waals surface area (Å²) in [5.41, 5.74) is 0.265. The van der Waals surface area contributed by atoms with Gasteiger partial charge in [-0.05, 0) is 39.3 Å². The number of anilines is 1. The maximum absolute atomic E-state index is 12.6. The predicted molar refractivity (Wildman–Crippen MR) is 71.5 cm³/mol. The van der Waals surface area contributed by atoms with Crippen LogP contribution >= 0.6 is 0 Å². The van der Waals surface area contributed by atoms with Crippen LogP contribution in [0.25, 0.3) is 0 Å². The first-order valence-electron chi connectivity index (χ1n) is 6.19. The number of carbonyl (C=O) groups excluding carboxylic acids is 1. The molecule has 0 atom stereocenters. The van der Waals surface area contributed by atoms with Gasteiger partial charge in [-0.3, -0.25) is 0 Å². The van der Waals surface area contributed by atoms with Gasteiger partial charge in [-0.1, -0.05) is 0 Å². The fourth-order valence-electron chi connectivity index (χ4n) is 1.31. The molecule has 0 fully saturated rings. The van der Waals surface area contributed by atoms with Gasteiger partial charge in [0.1, 0.15) is 5.60 Å². The SMILES string of the molecule is CC(C)(C)OC(=O)NCCCNc1ccc(F)nc1. The molecular weight excluding hydrogens is 249 g/mol. The number of rotatable bonds is 5. The molecule has 1 aromatic rings. The van der Waals surface area contributed by atoms with E-state index in [0.717, 1.165) is 12.1 Å². The van der Waals surface area contributed by atoms with E-state index in [1.807, 2.05) is 20.8 Å². The summed E-state index contributed by atoms with van der Waals surface area (Å²) in [5, 5.41) is 5.73. The van der Waals surface area contributed by atoms with E-state index in [1.165, 1.54) is 12.3 Å². The number of aromatic nitrogens is 1. The molecule has 19 heavy (non-hydrogen) atoms. The third-order valence-electron chi connectivity index (χ3n) is 2.08. The lowest BCUT2D eigenvalue weighted by molar-refractivity contribution is 0.0528. The van der Waals surface area contributed by atoms with Crippen molar-refractivity contribution in [2.24, 2.45) is 0 Å². The number of hydrogen-bond acceptors (Lipinski definition) is 4. The van der Waals surface area contributed by atoms with E-state index in [-0.39, 0.29) is 0 Å². The summed E-state index contributed by atoms with van der Waals surface area (Å²) in [6.45, 7) is 6.61. The summed E-state index contributed by atoms with van der Waals surface area (Å²) in [6, 6.07) is 2.91. The van der Waals surface area contributed by atoms with E-state index in [0.29, 0.717) is 13.1 Å². The van der Waals surface area contributed by atoms with E-state index >= 15 is 0 Å². The number of alkyl carbamates (subject to hydrolysis) is 1. The third-order valence-corrected chi connectivity index (χ3v) is 2.08. The van der Waals surface area contributed by atoms with Crippen LogP contribution in [-0.2, 0) is 4.74 Å². The molecule has 6 heteroatoms. The van der Waals surface area contributed by atoms with Crippen LogP contribution in [0.15, 0.2) is 18.3 Å². The molecule has 0 aliphatic heterocycles. The molecule has 0 saturated carbocycles. The molecule has 0 spiro atoms. The monoisotopic (exact) mass is 269 g/mol. The molecular formula is C13H20FN3O2. The molecule has 0 aromatic carbocycles. The zero-order valence-electron chi connectivity index (χ0n) is 11.5. The third kappa shape index (κ3) is 7.23. The minimum atomic E-state index is -0.503. The molecule has 0 bridgehead atoms. The second-order valence-electron chi connectivity index (χ2n) is 5.08. The fourth-order valence-corrected chi connectivity index (χ4v) is 1.31. The zero-order valence-corrected chi connectivity index (χ0v) is 11.5. The van der Waals surface area contributed by atoms with Crippen molar-refractivity contribution in [1.82, 2.24) is 10.3 Å². The number of amides is 1. The Morgan fingerprint density at radius 1 is 1.37 bits per heavy atom. The van der Waals surface area contributed by atoms with Gasteiger partial charge in [0, 0.05) is 13.1 Å². The fraction of sp³-hybridized carbons (Fsp3) is 0.538. The highest BCUT2D eigenvalue weighted by molar-refractivity contribution is 5.67. The molecule has 1 heterocycles. The van der Waals surface area contributed by atoms with Crippen LogP contribution in [0, 0.1) is 5.95 Å². The summed E-state index contributed by atoms with van der Waals surface area (Å²) in [7, 11) is 0. The van der Waals surface area contributed by atoms with Gasteiger partial charge in [0.05, 0.1) is 11.9 Å². The number of carbonyl (C=O) groups is 1. The molecule has 0 aliphatic rings. The van der Waals surface area contributed by atoms with Crippen molar-refractivity contribution in [1.29, 1.82) is 0 Å². The second kappa shape index (κ2) is 6.92. The molecule has 0 radical (unpaired) electrons. The van der Waals surface area contributed by atoms with Gasteiger partial charge in [0.2, 0.25) is 5.95 Å². The van der Waals surface area contributed by atoms with E-state index in [1.54, 1.807) is 6.07 Å². The summed E-state index contributed by atoms with van der Waals surface area (Å²) in [5.74, 6) is -0.503. The minimum Gasteiger partial charge on any atom is -0.444 e. The second-order valence-corrected chi connectivity index (χ2v) is 5.08. The predicted octanol–water partition coefficient (Wildman–Crippen LogP) is 2.55. The highest BCUT2D eigenvalue weighted by Gasteiger charge is 2.15. The smallest absolute Gasteiger partial charge is 0.407 e. The number of nitrogens with one attached hydrogen (secondary N) is 2. The Hall–Kier alpha value is -1.85. The van der Waals surface area contributed by atoms with Crippen molar-refractivity contribution in [3.63, 3.8) is 0 Å². The standard InChI is InChI=1S/C13H20FN3O2/c1-13(2,3)19-12(18)16-8-4-7-15-10-5-6-11(14)17-9-10/h5-6,9,15H,4,7-8H2,1-3H3,(H,16,18). The average Bonchev–Trinajstić information content (AvgIpc) is 2.29. The Labute approximate surface area is 112 Å². The zero-order chi connectivity index (χ0) is 14.3. The summed E-state index contributed by atoms with van der Waals surface area (Å²) >= 11 is 0. The summed E-state index contributed by atoms with van der Waals surface area (Å²) < 4.78 is 17.6. The Kier molecular flexibility index (Phi) is 5.54. The van der Waals surface area contributed by atoms with Gasteiger partial charge in [-0.2, -0.15) is 4.39 Å². The Balaban J connectivity index is 2.11. The van der Waals surface area contributed by atoms with Gasteiger partial charge >= 0.3 is 6.09 Å². The molecule has 106 valence electrons. The maximum Gasteiger partial charge on any atom is 0.407 e. The average molecular weight is 269 g/mol. The molecule has 0 unspecified atom stereocenters. The van der Waals surface area contributed by atoms with Gasteiger partial charge < -0.3 is 15.4 Å². The van der Waals surface area contributed by atoms with Crippen molar-refractivity contribution in [2.75, 3.05) is 18.4 Å². The number of hydrogen-bond donors (Lipinski definition) is 2. The quantitative estimate of drug-likeness (QED) is 0.637. The van der Waals surface area contributed by atoms with Gasteiger partial charge in [-0.15, -0.1) is 0 Å². The highest BCUT2D eigenvalue weighted by Crippen LogP contribution is 2.06. The molecule has 5 nitrogen and oxygen atoms in total. The first kappa shape index (κ1) is 15.2. The molecule has 2 N–H and O–H groups in total. The lowest BCUT2D eigenvalue weighted by atomic mass is 10.2. The van der Waals surface area contributed by atoms with E-state index < -0.39 is 17.6 Å². The van der Waals surface area contributed by atoms with Crippen LogP contribution < -0.4 is 10.6 Å². The normalized spacial score (nSPS) is 10.9. The van der Waals surface area contributed by atoms with E-state index in [9.17, 15) is 9.18 Å². The first-order chi connectivity index (χ1) is 8.87. The molecule has 0 aliphatic carbocycles. The number of ether oxygens (including phenoxy) is 1. The molecule has 0 saturated heterocycles. The Morgan fingerprint density at radius 3 is 2.68 bits per heavy atom. The lowest BCUT2D eigenvalue weighted by Crippen LogP contribution is -2.33. The van der Waals surface area contributed by atoms with Gasteiger partial charge in [0.15, 0.2) is 0 Å². The number of halogens is 1. The Morgan fingerprint density at radius 2 is 2.11 bits per heavy atom. The highest BCUT2D eigenvalue weighted by atomic mass is 19.1. The van der Waals surface area contributed by atoms with Crippen LogP contribution in [0.1, 0.15) is 27.2 Å². The van der Waals surface area contributed by atoms with Crippen molar-refractivity contribution in [3.8, 4) is 0 Å². The van der Waals surface area contributed by atoms with Crippen molar-refractivity contribution in [3.05, 3.63) is 24.3 Å². The van der Waals surface area contributed by atoms with Crippen molar-refractivity contribution < 1.29 is 13.9 Å². The van der Waals surface area contributed by atoms with Gasteiger partial charge in [-0.25, -0.2) is 9.78 Å². The van der Waals surface area contributed by atoms with Crippen LogP contribution in [0.3, 0.4) is 0 Å². The van der Waals surface area contributed by atoms with Crippen LogP contribution in [-0.4, -0.2) is 29.8 Å². The van der Waals surface area contributed by atoms with Crippen LogP contribution in [0.4, 0.5) is 14.9 Å². The first-order valence-corrected chi connectivity index (χ1v) is 6.19. The van der Waals surface area contributed by atoms with Crippen LogP contribution in [0.5, 0.6) is 0 Å². The van der Waals surface area contributed by atoms with Crippen LogP contribution in [0.2, 0.25) is 0 Å². The lowest BCUT2D eigenvalue weighted by Gasteiger charge is -2.19. The topological polar surface area (TPSA) is 63.2 Å². The Bertz CT molecular complexity index is 401. The largest absolute Gasteiger partial charge is 0.444 e. The summed E-state index contributed by atoms with van der Waals surface area (Å²) in [6.07, 6.45) is 1.74. The molecule has 1 amide bonds. The number of pyridine rings is 1. The molecule has 1 rings (SSSR count). The molecule has 1 aromatic heterocycles. The van der Waals surface area contributed by atoms with E-state index in [4.69, 9.17) is 4.74 Å². The minimum absolute atomic E-state index is 0.420. The van der Waals surface area contributed by atoms with Crippen molar-refractivity contribution in [2.45, 2.75) is 32.8 Å². The number of nitrogens with zero attached hydrogens (tertiary/aromatic N) is 1. The van der Waals surface area contributed by atoms with Crippen molar-refractivity contribution >= 4 is 11.8 Å². The van der Waals surface area contributed by atoms with Gasteiger partial charge in [0.25, 0.3) is 0 Å². The maximum atomic E-state index is 12.6.